The Hall–Kier alpha value is -2.83. The van der Waals surface area contributed by atoms with Crippen molar-refractivity contribution in [2.24, 2.45) is 0 Å². The number of allylic oxidation sites excluding steroid dienone is 13. The van der Waals surface area contributed by atoms with E-state index in [1.165, 1.54) is 89.9 Å². The first-order chi connectivity index (χ1) is 35.6. The molecule has 0 bridgehead atoms. The Labute approximate surface area is 439 Å². The van der Waals surface area contributed by atoms with Gasteiger partial charge in [-0.25, -0.2) is 0 Å². The first-order valence-electron chi connectivity index (χ1n) is 28.2. The summed E-state index contributed by atoms with van der Waals surface area (Å²) < 4.78 is 34.2. The Morgan fingerprint density at radius 1 is 0.466 bits per heavy atom. The van der Waals surface area contributed by atoms with Crippen LogP contribution in [-0.4, -0.2) is 142 Å². The van der Waals surface area contributed by atoms with Crippen molar-refractivity contribution in [1.29, 1.82) is 0 Å². The van der Waals surface area contributed by atoms with Gasteiger partial charge in [0.2, 0.25) is 0 Å². The number of unbranched alkanes of at least 4 members (excludes halogenated alkanes) is 16. The van der Waals surface area contributed by atoms with Crippen molar-refractivity contribution in [3.63, 3.8) is 0 Å². The highest BCUT2D eigenvalue weighted by molar-refractivity contribution is 5.69. The Morgan fingerprint density at radius 2 is 0.890 bits per heavy atom. The number of carbonyl (C=O) groups excluding carboxylic acids is 1. The van der Waals surface area contributed by atoms with Gasteiger partial charge < -0.3 is 64.2 Å². The summed E-state index contributed by atoms with van der Waals surface area (Å²) in [7, 11) is 0. The SMILES string of the molecule is CC/C=C\C/C=C\C/C=C\C/C=C\C/C=C\CCOCC(COC1OC(COC2OC(CO)C(O)C(O)C2O)C(O)C(O)C1O)OC(=O)CCCCCCCCCCCCC/C=C\C/C=C\CCCCCCC. The van der Waals surface area contributed by atoms with E-state index in [0.717, 1.165) is 57.8 Å². The second-order valence-electron chi connectivity index (χ2n) is 19.4. The Kier molecular flexibility index (Phi) is 41.2. The van der Waals surface area contributed by atoms with Crippen LogP contribution >= 0.6 is 0 Å². The molecule has 14 nitrogen and oxygen atoms in total. The van der Waals surface area contributed by atoms with Gasteiger partial charge in [-0.2, -0.15) is 0 Å². The van der Waals surface area contributed by atoms with Crippen LogP contribution in [0.15, 0.2) is 85.1 Å². The lowest BCUT2D eigenvalue weighted by Crippen LogP contribution is -2.61. The molecule has 2 fully saturated rings. The lowest BCUT2D eigenvalue weighted by Gasteiger charge is -2.42. The molecule has 420 valence electrons. The minimum absolute atomic E-state index is 0.00233. The summed E-state index contributed by atoms with van der Waals surface area (Å²) in [5.74, 6) is -0.405. The lowest BCUT2D eigenvalue weighted by atomic mass is 9.98. The molecule has 11 unspecified atom stereocenters. The number of rotatable bonds is 44. The molecule has 0 aliphatic carbocycles. The van der Waals surface area contributed by atoms with E-state index < -0.39 is 86.7 Å². The molecule has 0 saturated carbocycles. The van der Waals surface area contributed by atoms with E-state index in [-0.39, 0.29) is 19.6 Å². The molecule has 14 heteroatoms. The highest BCUT2D eigenvalue weighted by Crippen LogP contribution is 2.26. The van der Waals surface area contributed by atoms with Crippen molar-refractivity contribution in [2.75, 3.05) is 33.0 Å². The van der Waals surface area contributed by atoms with Crippen LogP contribution in [0.1, 0.15) is 181 Å². The number of esters is 1. The maximum absolute atomic E-state index is 13.1. The average molecular weight is 1030 g/mol. The summed E-state index contributed by atoms with van der Waals surface area (Å²) in [6.45, 7) is 3.33. The third-order valence-electron chi connectivity index (χ3n) is 12.9. The number of carbonyl (C=O) groups is 1. The molecule has 0 aromatic heterocycles. The predicted molar refractivity (Wildman–Crippen MR) is 288 cm³/mol. The van der Waals surface area contributed by atoms with Gasteiger partial charge in [-0.1, -0.05) is 182 Å². The van der Waals surface area contributed by atoms with E-state index in [1.807, 2.05) is 6.08 Å². The standard InChI is InChI=1S/C59H100O14/c1-3-5-7-9-11-13-15-17-19-21-22-23-24-25-26-27-28-30-32-34-36-38-40-42-51(61)71-48(45-68-43-41-39-37-35-33-31-29-20-18-16-14-12-10-8-6-4-2)46-69-58-57(67)55(65)53(63)50(73-58)47-70-59-56(66)54(64)52(62)49(44-60)72-59/h6,8,12,14-15,17-18,20-22,31,33,37,39,48-50,52-60,62-67H,3-5,7,9-11,13,16,19,23-30,32,34-36,38,40-47H2,1-2H3/b8-6-,14-12-,17-15-,20-18-,22-21-,33-31-,39-37-. The van der Waals surface area contributed by atoms with Crippen molar-refractivity contribution in [3.05, 3.63) is 85.1 Å². The number of aliphatic hydroxyl groups excluding tert-OH is 7. The highest BCUT2D eigenvalue weighted by atomic mass is 16.7. The topological polar surface area (TPSA) is 214 Å². The summed E-state index contributed by atoms with van der Waals surface area (Å²) in [5, 5.41) is 72.3. The molecule has 2 saturated heterocycles. The van der Waals surface area contributed by atoms with Crippen LogP contribution in [0.3, 0.4) is 0 Å². The molecule has 2 aliphatic rings. The van der Waals surface area contributed by atoms with Gasteiger partial charge in [-0.3, -0.25) is 4.79 Å². The van der Waals surface area contributed by atoms with E-state index in [1.54, 1.807) is 0 Å². The minimum Gasteiger partial charge on any atom is -0.457 e. The summed E-state index contributed by atoms with van der Waals surface area (Å²) in [6, 6.07) is 0. The molecule has 2 rings (SSSR count). The molecule has 11 atom stereocenters. The van der Waals surface area contributed by atoms with Gasteiger partial charge >= 0.3 is 5.97 Å². The molecule has 0 aromatic carbocycles. The molecular weight excluding hydrogens is 933 g/mol. The minimum atomic E-state index is -1.72. The molecule has 0 amide bonds. The van der Waals surface area contributed by atoms with Gasteiger partial charge in [0.25, 0.3) is 0 Å². The monoisotopic (exact) mass is 1030 g/mol. The van der Waals surface area contributed by atoms with Crippen LogP contribution in [-0.2, 0) is 33.2 Å². The van der Waals surface area contributed by atoms with Crippen molar-refractivity contribution in [3.8, 4) is 0 Å². The normalized spacial score (nSPS) is 25.6. The van der Waals surface area contributed by atoms with Gasteiger partial charge in [-0.05, 0) is 77.0 Å². The summed E-state index contributed by atoms with van der Waals surface area (Å²) >= 11 is 0. The highest BCUT2D eigenvalue weighted by Gasteiger charge is 2.47. The van der Waals surface area contributed by atoms with Crippen LogP contribution < -0.4 is 0 Å². The molecule has 73 heavy (non-hydrogen) atoms. The predicted octanol–water partition coefficient (Wildman–Crippen LogP) is 9.63. The lowest BCUT2D eigenvalue weighted by molar-refractivity contribution is -0.332. The van der Waals surface area contributed by atoms with E-state index in [4.69, 9.17) is 28.4 Å². The second-order valence-corrected chi connectivity index (χ2v) is 19.4. The molecule has 2 aliphatic heterocycles. The second kappa shape index (κ2) is 45.4. The molecule has 0 spiro atoms. The summed E-state index contributed by atoms with van der Waals surface area (Å²) in [6.07, 6.45) is 42.4. The van der Waals surface area contributed by atoms with E-state index >= 15 is 0 Å². The fraction of sp³-hybridized carbons (Fsp3) is 0.746. The zero-order valence-corrected chi connectivity index (χ0v) is 44.8. The molecule has 0 radical (unpaired) electrons. The molecule has 2 heterocycles. The fourth-order valence-corrected chi connectivity index (χ4v) is 8.38. The molecular formula is C59H100O14. The van der Waals surface area contributed by atoms with Gasteiger partial charge in [0.15, 0.2) is 12.6 Å². The van der Waals surface area contributed by atoms with Crippen LogP contribution in [0, 0.1) is 0 Å². The van der Waals surface area contributed by atoms with Gasteiger partial charge in [0.1, 0.15) is 54.9 Å². The zero-order valence-electron chi connectivity index (χ0n) is 44.8. The first-order valence-corrected chi connectivity index (χ1v) is 28.2. The Morgan fingerprint density at radius 3 is 1.40 bits per heavy atom. The van der Waals surface area contributed by atoms with Gasteiger partial charge in [-0.15, -0.1) is 0 Å². The quantitative estimate of drug-likeness (QED) is 0.0172. The van der Waals surface area contributed by atoms with Crippen LogP contribution in [0.4, 0.5) is 0 Å². The average Bonchev–Trinajstić information content (AvgIpc) is 3.39. The third kappa shape index (κ3) is 32.4. The Balaban J connectivity index is 1.74. The smallest absolute Gasteiger partial charge is 0.306 e. The Bertz CT molecular complexity index is 1530. The van der Waals surface area contributed by atoms with Crippen molar-refractivity contribution >= 4 is 5.97 Å². The maximum atomic E-state index is 13.1. The fourth-order valence-electron chi connectivity index (χ4n) is 8.38. The van der Waals surface area contributed by atoms with Crippen LogP contribution in [0.2, 0.25) is 0 Å². The van der Waals surface area contributed by atoms with E-state index in [0.29, 0.717) is 19.4 Å². The number of ether oxygens (including phenoxy) is 6. The van der Waals surface area contributed by atoms with Gasteiger partial charge in [0.05, 0.1) is 33.0 Å². The first kappa shape index (κ1) is 66.3. The van der Waals surface area contributed by atoms with E-state index in [9.17, 15) is 40.5 Å². The molecule has 7 N–H and O–H groups in total. The van der Waals surface area contributed by atoms with Crippen LogP contribution in [0.5, 0.6) is 0 Å². The number of hydrogen-bond donors (Lipinski definition) is 7. The summed E-state index contributed by atoms with van der Waals surface area (Å²) in [5.41, 5.74) is 0. The number of hydrogen-bond acceptors (Lipinski definition) is 14. The zero-order chi connectivity index (χ0) is 53.0. The molecule has 0 aromatic rings. The van der Waals surface area contributed by atoms with Crippen molar-refractivity contribution < 1.29 is 69.0 Å². The maximum Gasteiger partial charge on any atom is 0.306 e. The van der Waals surface area contributed by atoms with Gasteiger partial charge in [0, 0.05) is 6.42 Å². The third-order valence-corrected chi connectivity index (χ3v) is 12.9. The largest absolute Gasteiger partial charge is 0.457 e. The number of aliphatic hydroxyl groups is 7. The van der Waals surface area contributed by atoms with Crippen molar-refractivity contribution in [2.45, 2.75) is 248 Å². The van der Waals surface area contributed by atoms with E-state index in [2.05, 4.69) is 92.8 Å². The van der Waals surface area contributed by atoms with Crippen molar-refractivity contribution in [1.82, 2.24) is 0 Å². The summed E-state index contributed by atoms with van der Waals surface area (Å²) in [4.78, 5) is 13.1. The van der Waals surface area contributed by atoms with Crippen LogP contribution in [0.25, 0.3) is 0 Å².